The first-order valence-corrected chi connectivity index (χ1v) is 6.52. The van der Waals surface area contributed by atoms with Crippen molar-refractivity contribution in [2.24, 2.45) is 0 Å². The summed E-state index contributed by atoms with van der Waals surface area (Å²) in [5, 5.41) is 23.0. The van der Waals surface area contributed by atoms with Crippen LogP contribution in [0.3, 0.4) is 0 Å². The first kappa shape index (κ1) is 13.9. The molecule has 1 heterocycles. The quantitative estimate of drug-likeness (QED) is 0.722. The Balaban J connectivity index is 2.53. The largest absolute Gasteiger partial charge is 0.395 e. The van der Waals surface area contributed by atoms with Crippen molar-refractivity contribution in [3.8, 4) is 0 Å². The van der Waals surface area contributed by atoms with Gasteiger partial charge in [-0.3, -0.25) is 5.32 Å². The van der Waals surface area contributed by atoms with Crippen LogP contribution < -0.4 is 10.6 Å². The van der Waals surface area contributed by atoms with Crippen LogP contribution in [0.15, 0.2) is 0 Å². The zero-order valence-corrected chi connectivity index (χ0v) is 10.9. The van der Waals surface area contributed by atoms with Gasteiger partial charge in [0.25, 0.3) is 0 Å². The highest BCUT2D eigenvalue weighted by atomic mass is 32.1. The Hall–Kier alpha value is -1.21. The summed E-state index contributed by atoms with van der Waals surface area (Å²) in [5.74, 6) is 0.406. The van der Waals surface area contributed by atoms with Crippen molar-refractivity contribution >= 4 is 22.5 Å². The molecule has 0 aliphatic heterocycles. The lowest BCUT2D eigenvalue weighted by atomic mass is 10.1. The SMILES string of the molecule is CCC(CC)c1nnc(NC(=O)NCCO)s1. The van der Waals surface area contributed by atoms with Crippen LogP contribution in [0, 0.1) is 0 Å². The van der Waals surface area contributed by atoms with Crippen LogP contribution in [0.1, 0.15) is 37.6 Å². The van der Waals surface area contributed by atoms with E-state index >= 15 is 0 Å². The third-order valence-corrected chi connectivity index (χ3v) is 3.39. The second-order valence-electron chi connectivity index (χ2n) is 3.56. The van der Waals surface area contributed by atoms with Gasteiger partial charge in [-0.05, 0) is 12.8 Å². The third kappa shape index (κ3) is 4.27. The van der Waals surface area contributed by atoms with Gasteiger partial charge in [0.1, 0.15) is 5.01 Å². The number of urea groups is 1. The molecule has 17 heavy (non-hydrogen) atoms. The normalized spacial score (nSPS) is 10.6. The minimum atomic E-state index is -0.369. The summed E-state index contributed by atoms with van der Waals surface area (Å²) in [7, 11) is 0. The Kier molecular flexibility index (Phi) is 5.85. The Labute approximate surface area is 104 Å². The highest BCUT2D eigenvalue weighted by molar-refractivity contribution is 7.15. The van der Waals surface area contributed by atoms with Gasteiger partial charge in [-0.25, -0.2) is 4.79 Å². The number of nitrogens with zero attached hydrogens (tertiary/aromatic N) is 2. The molecule has 0 spiro atoms. The van der Waals surface area contributed by atoms with Gasteiger partial charge >= 0.3 is 6.03 Å². The van der Waals surface area contributed by atoms with E-state index < -0.39 is 0 Å². The van der Waals surface area contributed by atoms with E-state index in [1.54, 1.807) is 0 Å². The monoisotopic (exact) mass is 258 g/mol. The molecule has 0 unspecified atom stereocenters. The van der Waals surface area contributed by atoms with E-state index in [9.17, 15) is 4.79 Å². The van der Waals surface area contributed by atoms with Gasteiger partial charge in [0.05, 0.1) is 6.61 Å². The Bertz CT molecular complexity index is 352. The van der Waals surface area contributed by atoms with E-state index in [0.717, 1.165) is 17.8 Å². The molecule has 0 aliphatic rings. The number of amides is 2. The molecule has 0 aliphatic carbocycles. The number of hydrogen-bond acceptors (Lipinski definition) is 5. The lowest BCUT2D eigenvalue weighted by Crippen LogP contribution is -2.30. The second kappa shape index (κ2) is 7.18. The van der Waals surface area contributed by atoms with E-state index in [1.165, 1.54) is 11.3 Å². The molecule has 1 rings (SSSR count). The minimum Gasteiger partial charge on any atom is -0.395 e. The Morgan fingerprint density at radius 1 is 1.41 bits per heavy atom. The van der Waals surface area contributed by atoms with Crippen molar-refractivity contribution < 1.29 is 9.90 Å². The number of anilines is 1. The molecule has 0 fully saturated rings. The fourth-order valence-corrected chi connectivity index (χ4v) is 2.40. The molecule has 1 aromatic rings. The smallest absolute Gasteiger partial charge is 0.321 e. The number of hydrogen-bond donors (Lipinski definition) is 3. The molecular formula is C10H18N4O2S. The lowest BCUT2D eigenvalue weighted by molar-refractivity contribution is 0.245. The van der Waals surface area contributed by atoms with Crippen molar-refractivity contribution in [3.63, 3.8) is 0 Å². The number of aliphatic hydroxyl groups excluding tert-OH is 1. The van der Waals surface area contributed by atoms with E-state index in [2.05, 4.69) is 34.7 Å². The van der Waals surface area contributed by atoms with E-state index in [0.29, 0.717) is 11.0 Å². The fourth-order valence-electron chi connectivity index (χ4n) is 1.40. The van der Waals surface area contributed by atoms with Crippen LogP contribution in [0.2, 0.25) is 0 Å². The van der Waals surface area contributed by atoms with Gasteiger partial charge in [0.15, 0.2) is 0 Å². The molecule has 96 valence electrons. The molecule has 7 heteroatoms. The van der Waals surface area contributed by atoms with Crippen LogP contribution >= 0.6 is 11.3 Å². The van der Waals surface area contributed by atoms with Crippen molar-refractivity contribution in [3.05, 3.63) is 5.01 Å². The first-order chi connectivity index (χ1) is 8.21. The third-order valence-electron chi connectivity index (χ3n) is 2.39. The maximum absolute atomic E-state index is 11.3. The van der Waals surface area contributed by atoms with Crippen molar-refractivity contribution in [2.45, 2.75) is 32.6 Å². The van der Waals surface area contributed by atoms with Crippen LogP contribution in [0.4, 0.5) is 9.93 Å². The lowest BCUT2D eigenvalue weighted by Gasteiger charge is -2.05. The van der Waals surface area contributed by atoms with Gasteiger partial charge in [0, 0.05) is 12.5 Å². The molecule has 3 N–H and O–H groups in total. The number of carbonyl (C=O) groups excluding carboxylic acids is 1. The number of carbonyl (C=O) groups is 1. The minimum absolute atomic E-state index is 0.0808. The summed E-state index contributed by atoms with van der Waals surface area (Å²) in [4.78, 5) is 11.3. The Morgan fingerprint density at radius 2 is 2.12 bits per heavy atom. The molecular weight excluding hydrogens is 240 g/mol. The molecule has 0 bridgehead atoms. The highest BCUT2D eigenvalue weighted by Crippen LogP contribution is 2.27. The van der Waals surface area contributed by atoms with E-state index in [1.807, 2.05) is 0 Å². The molecule has 0 saturated carbocycles. The van der Waals surface area contributed by atoms with Gasteiger partial charge in [-0.2, -0.15) is 0 Å². The fraction of sp³-hybridized carbons (Fsp3) is 0.700. The standard InChI is InChI=1S/C10H18N4O2S/c1-3-7(4-2)8-13-14-10(17-8)12-9(16)11-5-6-15/h7,15H,3-6H2,1-2H3,(H2,11,12,14,16). The zero-order valence-electron chi connectivity index (χ0n) is 10.1. The maximum Gasteiger partial charge on any atom is 0.321 e. The maximum atomic E-state index is 11.3. The summed E-state index contributed by atoms with van der Waals surface area (Å²) >= 11 is 1.40. The van der Waals surface area contributed by atoms with Crippen LogP contribution in [-0.2, 0) is 0 Å². The topological polar surface area (TPSA) is 87.1 Å². The average molecular weight is 258 g/mol. The molecule has 0 atom stereocenters. The first-order valence-electron chi connectivity index (χ1n) is 5.70. The molecule has 2 amide bonds. The van der Waals surface area contributed by atoms with Crippen LogP contribution in [0.5, 0.6) is 0 Å². The highest BCUT2D eigenvalue weighted by Gasteiger charge is 2.14. The Morgan fingerprint density at radius 3 is 2.71 bits per heavy atom. The summed E-state index contributed by atoms with van der Waals surface area (Å²) in [6.45, 7) is 4.36. The van der Waals surface area contributed by atoms with Gasteiger partial charge in [0.2, 0.25) is 5.13 Å². The van der Waals surface area contributed by atoms with Gasteiger partial charge in [-0.15, -0.1) is 10.2 Å². The van der Waals surface area contributed by atoms with Crippen molar-refractivity contribution in [2.75, 3.05) is 18.5 Å². The van der Waals surface area contributed by atoms with Crippen molar-refractivity contribution in [1.82, 2.24) is 15.5 Å². The van der Waals surface area contributed by atoms with Crippen LogP contribution in [-0.4, -0.2) is 34.5 Å². The van der Waals surface area contributed by atoms with Gasteiger partial charge < -0.3 is 10.4 Å². The molecule has 0 aromatic carbocycles. The van der Waals surface area contributed by atoms with Crippen molar-refractivity contribution in [1.29, 1.82) is 0 Å². The average Bonchev–Trinajstić information content (AvgIpc) is 2.76. The predicted octanol–water partition coefficient (Wildman–Crippen LogP) is 1.56. The molecule has 0 saturated heterocycles. The number of aliphatic hydroxyl groups is 1. The summed E-state index contributed by atoms with van der Waals surface area (Å²) in [6.07, 6.45) is 2.03. The molecule has 1 aromatic heterocycles. The number of aromatic nitrogens is 2. The summed E-state index contributed by atoms with van der Waals surface area (Å²) in [5.41, 5.74) is 0. The summed E-state index contributed by atoms with van der Waals surface area (Å²) < 4.78 is 0. The predicted molar refractivity (Wildman–Crippen MR) is 67.3 cm³/mol. The zero-order chi connectivity index (χ0) is 12.7. The van der Waals surface area contributed by atoms with E-state index in [4.69, 9.17) is 5.11 Å². The van der Waals surface area contributed by atoms with Crippen LogP contribution in [0.25, 0.3) is 0 Å². The molecule has 0 radical (unpaired) electrons. The molecule has 6 nitrogen and oxygen atoms in total. The number of nitrogens with one attached hydrogen (secondary N) is 2. The second-order valence-corrected chi connectivity index (χ2v) is 4.57. The van der Waals surface area contributed by atoms with E-state index in [-0.39, 0.29) is 19.2 Å². The number of rotatable bonds is 6. The van der Waals surface area contributed by atoms with Gasteiger partial charge in [-0.1, -0.05) is 25.2 Å². The summed E-state index contributed by atoms with van der Waals surface area (Å²) in [6, 6.07) is -0.369.